The molecule has 0 unspecified atom stereocenters. The quantitative estimate of drug-likeness (QED) is 0.467. The molecule has 8 nitrogen and oxygen atoms in total. The van der Waals surface area contributed by atoms with Gasteiger partial charge in [-0.1, -0.05) is 66.7 Å². The average Bonchev–Trinajstić information content (AvgIpc) is 2.90. The monoisotopic (exact) mass is 524 g/mol. The molecule has 0 spiro atoms. The average molecular weight is 525 g/mol. The highest BCUT2D eigenvalue weighted by Gasteiger charge is 2.34. The summed E-state index contributed by atoms with van der Waals surface area (Å²) in [6.45, 7) is 4.16. The van der Waals surface area contributed by atoms with Crippen LogP contribution in [0.4, 0.5) is 0 Å². The van der Waals surface area contributed by atoms with E-state index in [4.69, 9.17) is 14.2 Å². The van der Waals surface area contributed by atoms with E-state index in [1.807, 2.05) is 36.4 Å². The third kappa shape index (κ3) is 7.24. The number of amides is 1. The molecule has 2 N–H and O–H groups in total. The van der Waals surface area contributed by atoms with Crippen molar-refractivity contribution >= 4 is 15.9 Å². The van der Waals surface area contributed by atoms with Gasteiger partial charge >= 0.3 is 0 Å². The lowest BCUT2D eigenvalue weighted by Gasteiger charge is -2.37. The lowest BCUT2D eigenvalue weighted by Crippen LogP contribution is -2.52. The summed E-state index contributed by atoms with van der Waals surface area (Å²) >= 11 is 0. The van der Waals surface area contributed by atoms with E-state index in [0.29, 0.717) is 11.1 Å². The van der Waals surface area contributed by atoms with Crippen molar-refractivity contribution in [1.29, 1.82) is 0 Å². The number of nitrogens with one attached hydrogen (secondary N) is 2. The Hall–Kier alpha value is -3.08. The minimum Gasteiger partial charge on any atom is -0.372 e. The van der Waals surface area contributed by atoms with E-state index in [-0.39, 0.29) is 37.1 Å². The Morgan fingerprint density at radius 3 is 2.24 bits per heavy atom. The minimum absolute atomic E-state index is 0.0482. The summed E-state index contributed by atoms with van der Waals surface area (Å²) in [7, 11) is -3.89. The van der Waals surface area contributed by atoms with Crippen LogP contribution in [0.1, 0.15) is 24.2 Å². The van der Waals surface area contributed by atoms with Crippen LogP contribution in [0.3, 0.4) is 0 Å². The molecule has 3 aromatic carbocycles. The Labute approximate surface area is 218 Å². The summed E-state index contributed by atoms with van der Waals surface area (Å²) < 4.78 is 47.3. The Bertz CT molecular complexity index is 1280. The second kappa shape index (κ2) is 12.0. The van der Waals surface area contributed by atoms with Crippen molar-refractivity contribution in [2.75, 3.05) is 26.3 Å². The number of sulfonamides is 1. The number of rotatable bonds is 8. The first-order valence-corrected chi connectivity index (χ1v) is 13.6. The molecule has 4 rings (SSSR count). The molecule has 1 aliphatic rings. The highest BCUT2D eigenvalue weighted by Crippen LogP contribution is 2.27. The summed E-state index contributed by atoms with van der Waals surface area (Å²) in [5, 5.41) is 2.87. The van der Waals surface area contributed by atoms with E-state index < -0.39 is 28.0 Å². The van der Waals surface area contributed by atoms with Gasteiger partial charge in [0.15, 0.2) is 5.79 Å². The zero-order chi connectivity index (χ0) is 26.3. The smallest absolute Gasteiger partial charge is 0.251 e. The van der Waals surface area contributed by atoms with E-state index in [1.54, 1.807) is 62.4 Å². The topological polar surface area (TPSA) is 103 Å². The SMILES string of the molecule is CC1(C)OCCO[C@H](CNS(=O)(=O)c2ccccc2-c2ccccc2)[C@H](CNC(=O)c2ccccc2)O1. The normalized spacial score (nSPS) is 19.9. The lowest BCUT2D eigenvalue weighted by atomic mass is 10.1. The zero-order valence-corrected chi connectivity index (χ0v) is 21.7. The molecular weight excluding hydrogens is 492 g/mol. The predicted octanol–water partition coefficient (Wildman–Crippen LogP) is 3.60. The van der Waals surface area contributed by atoms with Crippen LogP contribution in [0.5, 0.6) is 0 Å². The van der Waals surface area contributed by atoms with E-state index in [9.17, 15) is 13.2 Å². The first-order valence-electron chi connectivity index (χ1n) is 12.2. The first-order chi connectivity index (χ1) is 17.8. The van der Waals surface area contributed by atoms with Gasteiger partial charge in [0, 0.05) is 24.2 Å². The van der Waals surface area contributed by atoms with Crippen LogP contribution in [0.2, 0.25) is 0 Å². The Balaban J connectivity index is 1.51. The fourth-order valence-corrected chi connectivity index (χ4v) is 5.42. The Morgan fingerprint density at radius 1 is 0.865 bits per heavy atom. The first kappa shape index (κ1) is 27.0. The van der Waals surface area contributed by atoms with Gasteiger partial charge in [0.05, 0.1) is 24.2 Å². The van der Waals surface area contributed by atoms with Crippen molar-refractivity contribution in [2.24, 2.45) is 0 Å². The fraction of sp³-hybridized carbons (Fsp3) is 0.321. The van der Waals surface area contributed by atoms with E-state index >= 15 is 0 Å². The molecule has 2 atom stereocenters. The minimum atomic E-state index is -3.89. The maximum absolute atomic E-state index is 13.4. The lowest BCUT2D eigenvalue weighted by molar-refractivity contribution is -0.277. The van der Waals surface area contributed by atoms with Gasteiger partial charge in [-0.2, -0.15) is 0 Å². The largest absolute Gasteiger partial charge is 0.372 e. The van der Waals surface area contributed by atoms with Crippen LogP contribution in [-0.4, -0.2) is 58.6 Å². The standard InChI is InChI=1S/C28H32N2O6S/c1-28(2)35-18-17-34-24(25(36-28)19-29-27(31)22-13-7-4-8-14-22)20-30-37(32,33)26-16-10-9-15-23(26)21-11-5-3-6-12-21/h3-16,24-25,30H,17-20H2,1-2H3,(H,29,31)/t24-,25+/m1/s1. The summed E-state index contributed by atoms with van der Waals surface area (Å²) in [5.41, 5.74) is 1.92. The van der Waals surface area contributed by atoms with Crippen molar-refractivity contribution in [2.45, 2.75) is 36.7 Å². The summed E-state index contributed by atoms with van der Waals surface area (Å²) in [6, 6.07) is 25.0. The highest BCUT2D eigenvalue weighted by molar-refractivity contribution is 7.89. The molecule has 37 heavy (non-hydrogen) atoms. The number of benzene rings is 3. The molecule has 1 aliphatic heterocycles. The van der Waals surface area contributed by atoms with Gasteiger partial charge in [-0.25, -0.2) is 13.1 Å². The molecule has 0 aliphatic carbocycles. The van der Waals surface area contributed by atoms with Crippen LogP contribution in [-0.2, 0) is 24.2 Å². The molecule has 0 saturated carbocycles. The fourth-order valence-electron chi connectivity index (χ4n) is 4.14. The summed E-state index contributed by atoms with van der Waals surface area (Å²) in [6.07, 6.45) is -1.34. The predicted molar refractivity (Wildman–Crippen MR) is 140 cm³/mol. The van der Waals surface area contributed by atoms with Gasteiger partial charge in [-0.05, 0) is 37.6 Å². The number of hydrogen-bond donors (Lipinski definition) is 2. The maximum Gasteiger partial charge on any atom is 0.251 e. The molecule has 1 heterocycles. The van der Waals surface area contributed by atoms with Crippen LogP contribution in [0, 0.1) is 0 Å². The summed E-state index contributed by atoms with van der Waals surface area (Å²) in [5.74, 6) is -1.20. The zero-order valence-electron chi connectivity index (χ0n) is 20.9. The highest BCUT2D eigenvalue weighted by atomic mass is 32.2. The third-order valence-electron chi connectivity index (χ3n) is 5.95. The maximum atomic E-state index is 13.4. The number of ether oxygens (including phenoxy) is 3. The van der Waals surface area contributed by atoms with Crippen molar-refractivity contribution in [3.63, 3.8) is 0 Å². The second-order valence-electron chi connectivity index (χ2n) is 9.10. The van der Waals surface area contributed by atoms with Crippen molar-refractivity contribution < 1.29 is 27.4 Å². The number of carbonyl (C=O) groups is 1. The van der Waals surface area contributed by atoms with Crippen LogP contribution >= 0.6 is 0 Å². The Morgan fingerprint density at radius 2 is 1.51 bits per heavy atom. The molecule has 3 aromatic rings. The van der Waals surface area contributed by atoms with Crippen LogP contribution < -0.4 is 10.0 Å². The van der Waals surface area contributed by atoms with Crippen molar-refractivity contribution in [3.05, 3.63) is 90.5 Å². The molecule has 0 bridgehead atoms. The second-order valence-corrected chi connectivity index (χ2v) is 10.8. The molecule has 1 fully saturated rings. The number of carbonyl (C=O) groups excluding carboxylic acids is 1. The van der Waals surface area contributed by atoms with Gasteiger partial charge in [0.25, 0.3) is 5.91 Å². The van der Waals surface area contributed by atoms with Crippen molar-refractivity contribution in [1.82, 2.24) is 10.0 Å². The molecule has 196 valence electrons. The van der Waals surface area contributed by atoms with E-state index in [0.717, 1.165) is 5.56 Å². The van der Waals surface area contributed by atoms with Crippen LogP contribution in [0.25, 0.3) is 11.1 Å². The van der Waals surface area contributed by atoms with E-state index in [2.05, 4.69) is 10.0 Å². The van der Waals surface area contributed by atoms with Crippen LogP contribution in [0.15, 0.2) is 89.8 Å². The molecule has 1 saturated heterocycles. The van der Waals surface area contributed by atoms with Gasteiger partial charge < -0.3 is 19.5 Å². The Kier molecular flexibility index (Phi) is 8.73. The van der Waals surface area contributed by atoms with Crippen molar-refractivity contribution in [3.8, 4) is 11.1 Å². The van der Waals surface area contributed by atoms with Gasteiger partial charge in [0.2, 0.25) is 10.0 Å². The molecular formula is C28H32N2O6S. The molecule has 0 aromatic heterocycles. The molecule has 0 radical (unpaired) electrons. The molecule has 9 heteroatoms. The van der Waals surface area contributed by atoms with Gasteiger partial charge in [-0.15, -0.1) is 0 Å². The van der Waals surface area contributed by atoms with E-state index in [1.165, 1.54) is 0 Å². The number of hydrogen-bond acceptors (Lipinski definition) is 6. The van der Waals surface area contributed by atoms with Gasteiger partial charge in [-0.3, -0.25) is 4.79 Å². The summed E-state index contributed by atoms with van der Waals surface area (Å²) in [4.78, 5) is 12.8. The van der Waals surface area contributed by atoms with Gasteiger partial charge in [0.1, 0.15) is 6.10 Å². The molecule has 1 amide bonds. The third-order valence-corrected chi connectivity index (χ3v) is 7.43.